The maximum absolute atomic E-state index is 11.0. The molecule has 16 heavy (non-hydrogen) atoms. The van der Waals surface area contributed by atoms with Gasteiger partial charge in [-0.15, -0.1) is 0 Å². The summed E-state index contributed by atoms with van der Waals surface area (Å²) in [6.07, 6.45) is 2.38. The molecule has 1 unspecified atom stereocenters. The smallest absolute Gasteiger partial charge is 0.329 e. The van der Waals surface area contributed by atoms with E-state index in [0.717, 1.165) is 5.56 Å². The standard InChI is InChI=1S/C12H14NO3/c1-12(11(15)16,13-9-14)8-7-10-5-3-2-4-6-10/h2-6H,7-8H2,1H3,(H,13,14)(H,15,16). The van der Waals surface area contributed by atoms with Crippen LogP contribution in [0.2, 0.25) is 0 Å². The van der Waals surface area contributed by atoms with Gasteiger partial charge < -0.3 is 10.4 Å². The summed E-state index contributed by atoms with van der Waals surface area (Å²) in [6.45, 7) is 1.48. The highest BCUT2D eigenvalue weighted by Crippen LogP contribution is 2.14. The van der Waals surface area contributed by atoms with Crippen LogP contribution in [0.1, 0.15) is 18.9 Å². The Hall–Kier alpha value is -1.84. The SMILES string of the molecule is CC(CCc1ccccc1)(N[C]=O)C(=O)O. The molecule has 0 aliphatic heterocycles. The zero-order chi connectivity index (χ0) is 12.0. The maximum atomic E-state index is 11.0. The molecule has 0 saturated carbocycles. The first kappa shape index (κ1) is 12.2. The molecule has 85 valence electrons. The van der Waals surface area contributed by atoms with Gasteiger partial charge in [-0.3, -0.25) is 4.79 Å². The van der Waals surface area contributed by atoms with Gasteiger partial charge in [-0.05, 0) is 25.3 Å². The van der Waals surface area contributed by atoms with Crippen LogP contribution >= 0.6 is 0 Å². The van der Waals surface area contributed by atoms with Crippen molar-refractivity contribution in [2.45, 2.75) is 25.3 Å². The number of carbonyl (C=O) groups excluding carboxylic acids is 1. The first-order valence-corrected chi connectivity index (χ1v) is 5.00. The molecule has 1 amide bonds. The molecule has 1 aromatic rings. The molecular weight excluding hydrogens is 206 g/mol. The fourth-order valence-corrected chi connectivity index (χ4v) is 1.37. The second-order valence-corrected chi connectivity index (χ2v) is 3.85. The number of benzene rings is 1. The van der Waals surface area contributed by atoms with Crippen molar-refractivity contribution in [2.75, 3.05) is 0 Å². The Bertz CT molecular complexity index is 364. The number of hydrogen-bond donors (Lipinski definition) is 2. The van der Waals surface area contributed by atoms with Crippen molar-refractivity contribution in [2.24, 2.45) is 0 Å². The number of aliphatic carboxylic acids is 1. The normalized spacial score (nSPS) is 13.8. The van der Waals surface area contributed by atoms with Gasteiger partial charge in [0, 0.05) is 0 Å². The van der Waals surface area contributed by atoms with Crippen molar-refractivity contribution < 1.29 is 14.7 Å². The predicted octanol–water partition coefficient (Wildman–Crippen LogP) is 1.12. The molecule has 1 aromatic carbocycles. The number of rotatable bonds is 6. The summed E-state index contributed by atoms with van der Waals surface area (Å²) in [5.74, 6) is -1.05. The van der Waals surface area contributed by atoms with Gasteiger partial charge in [0.05, 0.1) is 0 Å². The lowest BCUT2D eigenvalue weighted by molar-refractivity contribution is -0.143. The third-order valence-corrected chi connectivity index (χ3v) is 2.56. The summed E-state index contributed by atoms with van der Waals surface area (Å²) < 4.78 is 0. The molecule has 0 aromatic heterocycles. The summed E-state index contributed by atoms with van der Waals surface area (Å²) in [5.41, 5.74) is -0.208. The van der Waals surface area contributed by atoms with Crippen LogP contribution in [0.5, 0.6) is 0 Å². The van der Waals surface area contributed by atoms with Crippen molar-refractivity contribution >= 4 is 12.4 Å². The number of amides is 1. The van der Waals surface area contributed by atoms with Crippen LogP contribution in [0, 0.1) is 0 Å². The average Bonchev–Trinajstić information content (AvgIpc) is 2.28. The minimum atomic E-state index is -1.25. The Morgan fingerprint density at radius 3 is 2.56 bits per heavy atom. The molecule has 0 aliphatic rings. The van der Waals surface area contributed by atoms with Crippen LogP contribution in [-0.4, -0.2) is 23.0 Å². The molecule has 2 N–H and O–H groups in total. The average molecular weight is 220 g/mol. The lowest BCUT2D eigenvalue weighted by atomic mass is 9.93. The van der Waals surface area contributed by atoms with E-state index in [2.05, 4.69) is 5.32 Å². The highest BCUT2D eigenvalue weighted by Gasteiger charge is 2.32. The van der Waals surface area contributed by atoms with Crippen molar-refractivity contribution in [3.05, 3.63) is 35.9 Å². The van der Waals surface area contributed by atoms with Crippen LogP contribution in [0.3, 0.4) is 0 Å². The third-order valence-electron chi connectivity index (χ3n) is 2.56. The Morgan fingerprint density at radius 1 is 1.44 bits per heavy atom. The van der Waals surface area contributed by atoms with Gasteiger partial charge in [-0.25, -0.2) is 4.79 Å². The van der Waals surface area contributed by atoms with Crippen molar-refractivity contribution in [1.29, 1.82) is 0 Å². The molecule has 0 aliphatic carbocycles. The Kier molecular flexibility index (Phi) is 4.05. The second-order valence-electron chi connectivity index (χ2n) is 3.85. The van der Waals surface area contributed by atoms with Crippen LogP contribution in [-0.2, 0) is 16.0 Å². The van der Waals surface area contributed by atoms with Crippen molar-refractivity contribution in [3.8, 4) is 0 Å². The Labute approximate surface area is 94.3 Å². The summed E-state index contributed by atoms with van der Waals surface area (Å²) in [7, 11) is 0. The van der Waals surface area contributed by atoms with Gasteiger partial charge in [0.15, 0.2) is 0 Å². The third kappa shape index (κ3) is 3.08. The van der Waals surface area contributed by atoms with E-state index in [9.17, 15) is 9.59 Å². The van der Waals surface area contributed by atoms with Crippen molar-refractivity contribution in [3.63, 3.8) is 0 Å². The zero-order valence-electron chi connectivity index (χ0n) is 9.06. The summed E-state index contributed by atoms with van der Waals surface area (Å²) in [5, 5.41) is 11.2. The van der Waals surface area contributed by atoms with E-state index in [-0.39, 0.29) is 0 Å². The van der Waals surface area contributed by atoms with Crippen LogP contribution in [0.25, 0.3) is 0 Å². The van der Waals surface area contributed by atoms with Gasteiger partial charge in [-0.2, -0.15) is 0 Å². The molecule has 4 heteroatoms. The van der Waals surface area contributed by atoms with Gasteiger partial charge in [0.25, 0.3) is 0 Å². The fraction of sp³-hybridized carbons (Fsp3) is 0.333. The van der Waals surface area contributed by atoms with E-state index in [1.807, 2.05) is 30.3 Å². The van der Waals surface area contributed by atoms with Gasteiger partial charge in [0.2, 0.25) is 0 Å². The van der Waals surface area contributed by atoms with Gasteiger partial charge in [0.1, 0.15) is 5.54 Å². The first-order chi connectivity index (χ1) is 7.58. The lowest BCUT2D eigenvalue weighted by Gasteiger charge is -2.23. The van der Waals surface area contributed by atoms with Crippen LogP contribution in [0.4, 0.5) is 0 Å². The zero-order valence-corrected chi connectivity index (χ0v) is 9.06. The number of carboxylic acids is 1. The Balaban J connectivity index is 2.64. The molecule has 1 radical (unpaired) electrons. The molecule has 0 spiro atoms. The van der Waals surface area contributed by atoms with Crippen LogP contribution < -0.4 is 5.32 Å². The molecule has 4 nitrogen and oxygen atoms in total. The molecule has 0 saturated heterocycles. The molecule has 1 rings (SSSR count). The van der Waals surface area contributed by atoms with E-state index in [0.29, 0.717) is 12.8 Å². The predicted molar refractivity (Wildman–Crippen MR) is 59.6 cm³/mol. The van der Waals surface area contributed by atoms with E-state index in [1.165, 1.54) is 13.3 Å². The number of hydrogen-bond acceptors (Lipinski definition) is 2. The first-order valence-electron chi connectivity index (χ1n) is 5.00. The fourth-order valence-electron chi connectivity index (χ4n) is 1.37. The topological polar surface area (TPSA) is 66.4 Å². The lowest BCUT2D eigenvalue weighted by Crippen LogP contribution is -2.49. The number of carboxylic acid groups (broad SMARTS) is 1. The molecule has 0 bridgehead atoms. The highest BCUT2D eigenvalue weighted by molar-refractivity contribution is 5.80. The largest absolute Gasteiger partial charge is 0.480 e. The minimum Gasteiger partial charge on any atom is -0.480 e. The van der Waals surface area contributed by atoms with Gasteiger partial charge in [-0.1, -0.05) is 30.3 Å². The monoisotopic (exact) mass is 220 g/mol. The van der Waals surface area contributed by atoms with E-state index in [1.54, 1.807) is 0 Å². The maximum Gasteiger partial charge on any atom is 0.329 e. The van der Waals surface area contributed by atoms with E-state index >= 15 is 0 Å². The summed E-state index contributed by atoms with van der Waals surface area (Å²) in [6, 6.07) is 9.54. The highest BCUT2D eigenvalue weighted by atomic mass is 16.4. The van der Waals surface area contributed by atoms with E-state index < -0.39 is 11.5 Å². The quantitative estimate of drug-likeness (QED) is 0.706. The van der Waals surface area contributed by atoms with Crippen LogP contribution in [0.15, 0.2) is 30.3 Å². The van der Waals surface area contributed by atoms with Crippen molar-refractivity contribution in [1.82, 2.24) is 5.32 Å². The molecule has 0 heterocycles. The minimum absolute atomic E-state index is 0.335. The molecule has 1 atom stereocenters. The summed E-state index contributed by atoms with van der Waals surface area (Å²) in [4.78, 5) is 21.2. The Morgan fingerprint density at radius 2 is 2.06 bits per heavy atom. The number of carbonyl (C=O) groups is 1. The second kappa shape index (κ2) is 5.30. The molecule has 0 fully saturated rings. The number of nitrogens with one attached hydrogen (secondary N) is 1. The number of aryl methyl sites for hydroxylation is 1. The molecular formula is C12H14NO3. The van der Waals surface area contributed by atoms with E-state index in [4.69, 9.17) is 5.11 Å². The summed E-state index contributed by atoms with van der Waals surface area (Å²) >= 11 is 0. The van der Waals surface area contributed by atoms with Gasteiger partial charge >= 0.3 is 12.4 Å².